The summed E-state index contributed by atoms with van der Waals surface area (Å²) in [5.41, 5.74) is 0. The molecular formula is C13H18N2O2S. The topological polar surface area (TPSA) is 45.5 Å². The second-order valence-electron chi connectivity index (χ2n) is 4.49. The summed E-state index contributed by atoms with van der Waals surface area (Å²) in [7, 11) is 0. The van der Waals surface area contributed by atoms with Crippen molar-refractivity contribution in [2.24, 2.45) is 0 Å². The first-order valence-electron chi connectivity index (χ1n) is 6.38. The Morgan fingerprint density at radius 1 is 1.61 bits per heavy atom. The Hall–Kier alpha value is -1.36. The summed E-state index contributed by atoms with van der Waals surface area (Å²) in [5, 5.41) is 3.26. The van der Waals surface area contributed by atoms with Crippen LogP contribution in [0.2, 0.25) is 0 Å². The standard InChI is InChI=1S/C13H18N2O2S/c1-2-10-6-3-4-8-15(10)13(18)14-12(16)11-7-5-9-17-11/h5,7,9-10H,2-4,6,8H2,1H3,(H,14,16,18)/t10-/m1/s1. The Morgan fingerprint density at radius 3 is 3.11 bits per heavy atom. The summed E-state index contributed by atoms with van der Waals surface area (Å²) < 4.78 is 5.05. The lowest BCUT2D eigenvalue weighted by Gasteiger charge is -2.36. The number of nitrogens with one attached hydrogen (secondary N) is 1. The first-order chi connectivity index (χ1) is 8.72. The van der Waals surface area contributed by atoms with Crippen molar-refractivity contribution in [1.29, 1.82) is 0 Å². The molecule has 0 aromatic carbocycles. The molecule has 1 aliphatic heterocycles. The highest BCUT2D eigenvalue weighted by molar-refractivity contribution is 7.80. The molecule has 2 rings (SSSR count). The minimum absolute atomic E-state index is 0.273. The molecule has 0 bridgehead atoms. The van der Waals surface area contributed by atoms with Crippen LogP contribution < -0.4 is 5.32 Å². The number of carbonyl (C=O) groups excluding carboxylic acids is 1. The summed E-state index contributed by atoms with van der Waals surface area (Å²) in [4.78, 5) is 14.0. The van der Waals surface area contributed by atoms with E-state index in [0.29, 0.717) is 16.9 Å². The van der Waals surface area contributed by atoms with Crippen molar-refractivity contribution >= 4 is 23.2 Å². The van der Waals surface area contributed by atoms with Gasteiger partial charge in [0.15, 0.2) is 10.9 Å². The van der Waals surface area contributed by atoms with Gasteiger partial charge < -0.3 is 9.32 Å². The molecule has 0 unspecified atom stereocenters. The first kappa shape index (κ1) is 13.1. The molecule has 1 aliphatic rings. The van der Waals surface area contributed by atoms with E-state index in [1.54, 1.807) is 12.1 Å². The monoisotopic (exact) mass is 266 g/mol. The maximum absolute atomic E-state index is 11.8. The molecule has 5 heteroatoms. The number of piperidine rings is 1. The van der Waals surface area contributed by atoms with Gasteiger partial charge in [0.1, 0.15) is 0 Å². The second kappa shape index (κ2) is 6.00. The van der Waals surface area contributed by atoms with E-state index in [4.69, 9.17) is 16.6 Å². The average molecular weight is 266 g/mol. The molecule has 1 amide bonds. The van der Waals surface area contributed by atoms with Crippen LogP contribution in [0.15, 0.2) is 22.8 Å². The second-order valence-corrected chi connectivity index (χ2v) is 4.87. The fraction of sp³-hybridized carbons (Fsp3) is 0.538. The number of likely N-dealkylation sites (tertiary alicyclic amines) is 1. The lowest BCUT2D eigenvalue weighted by Crippen LogP contribution is -2.49. The molecular weight excluding hydrogens is 248 g/mol. The minimum Gasteiger partial charge on any atom is -0.459 e. The van der Waals surface area contributed by atoms with E-state index in [1.807, 2.05) is 0 Å². The molecule has 1 aromatic rings. The van der Waals surface area contributed by atoms with E-state index in [1.165, 1.54) is 12.7 Å². The average Bonchev–Trinajstić information content (AvgIpc) is 2.92. The largest absolute Gasteiger partial charge is 0.459 e. The highest BCUT2D eigenvalue weighted by Crippen LogP contribution is 2.19. The fourth-order valence-corrected chi connectivity index (χ4v) is 2.66. The number of furan rings is 1. The number of hydrogen-bond donors (Lipinski definition) is 1. The quantitative estimate of drug-likeness (QED) is 0.836. The van der Waals surface area contributed by atoms with Crippen molar-refractivity contribution in [1.82, 2.24) is 10.2 Å². The van der Waals surface area contributed by atoms with Gasteiger partial charge in [-0.1, -0.05) is 6.92 Å². The Bertz CT molecular complexity index is 417. The van der Waals surface area contributed by atoms with E-state index in [9.17, 15) is 4.79 Å². The van der Waals surface area contributed by atoms with Crippen LogP contribution in [0.4, 0.5) is 0 Å². The number of amides is 1. The molecule has 0 spiro atoms. The van der Waals surface area contributed by atoms with Crippen LogP contribution in [-0.4, -0.2) is 28.5 Å². The van der Waals surface area contributed by atoms with Crippen LogP contribution in [-0.2, 0) is 0 Å². The Labute approximate surface area is 112 Å². The third-order valence-electron chi connectivity index (χ3n) is 3.32. The minimum atomic E-state index is -0.273. The normalized spacial score (nSPS) is 19.6. The van der Waals surface area contributed by atoms with Gasteiger partial charge in [0, 0.05) is 12.6 Å². The molecule has 0 radical (unpaired) electrons. The summed E-state index contributed by atoms with van der Waals surface area (Å²) in [6.45, 7) is 3.08. The van der Waals surface area contributed by atoms with Crippen LogP contribution in [0, 0.1) is 0 Å². The zero-order valence-electron chi connectivity index (χ0n) is 10.5. The van der Waals surface area contributed by atoms with E-state index < -0.39 is 0 Å². The lowest BCUT2D eigenvalue weighted by atomic mass is 10.0. The van der Waals surface area contributed by atoms with Gasteiger partial charge in [-0.25, -0.2) is 0 Å². The molecule has 4 nitrogen and oxygen atoms in total. The third kappa shape index (κ3) is 2.90. The molecule has 2 heterocycles. The molecule has 1 fully saturated rings. The number of hydrogen-bond acceptors (Lipinski definition) is 3. The summed E-state index contributed by atoms with van der Waals surface area (Å²) >= 11 is 5.32. The molecule has 0 aliphatic carbocycles. The van der Waals surface area contributed by atoms with Crippen LogP contribution >= 0.6 is 12.2 Å². The van der Waals surface area contributed by atoms with E-state index in [2.05, 4.69) is 17.1 Å². The van der Waals surface area contributed by atoms with Crippen LogP contribution in [0.5, 0.6) is 0 Å². The van der Waals surface area contributed by atoms with E-state index >= 15 is 0 Å². The predicted molar refractivity (Wildman–Crippen MR) is 73.4 cm³/mol. The summed E-state index contributed by atoms with van der Waals surface area (Å²) in [6.07, 6.45) is 6.05. The van der Waals surface area contributed by atoms with Crippen LogP contribution in [0.3, 0.4) is 0 Å². The van der Waals surface area contributed by atoms with Gasteiger partial charge in [-0.3, -0.25) is 10.1 Å². The maximum atomic E-state index is 11.8. The van der Waals surface area contributed by atoms with E-state index in [-0.39, 0.29) is 5.91 Å². The number of thiocarbonyl (C=S) groups is 1. The SMILES string of the molecule is CC[C@@H]1CCCCN1C(=S)NC(=O)c1ccco1. The van der Waals surface area contributed by atoms with Gasteiger partial charge >= 0.3 is 0 Å². The zero-order chi connectivity index (χ0) is 13.0. The van der Waals surface area contributed by atoms with Crippen molar-refractivity contribution in [2.45, 2.75) is 38.6 Å². The number of carbonyl (C=O) groups is 1. The molecule has 98 valence electrons. The first-order valence-corrected chi connectivity index (χ1v) is 6.78. The Kier molecular flexibility index (Phi) is 4.36. The van der Waals surface area contributed by atoms with Gasteiger partial charge in [-0.2, -0.15) is 0 Å². The van der Waals surface area contributed by atoms with Gasteiger partial charge in [-0.15, -0.1) is 0 Å². The Balaban J connectivity index is 1.96. The van der Waals surface area contributed by atoms with Crippen molar-refractivity contribution in [3.63, 3.8) is 0 Å². The summed E-state index contributed by atoms with van der Waals surface area (Å²) in [6, 6.07) is 3.77. The highest BCUT2D eigenvalue weighted by Gasteiger charge is 2.24. The third-order valence-corrected chi connectivity index (χ3v) is 3.66. The number of nitrogens with zero attached hydrogens (tertiary/aromatic N) is 1. The summed E-state index contributed by atoms with van der Waals surface area (Å²) in [5.74, 6) is 0.0211. The van der Waals surface area contributed by atoms with Crippen molar-refractivity contribution in [2.75, 3.05) is 6.54 Å². The smallest absolute Gasteiger partial charge is 0.293 e. The van der Waals surface area contributed by atoms with Crippen LogP contribution in [0.1, 0.15) is 43.2 Å². The fourth-order valence-electron chi connectivity index (χ4n) is 2.33. The Morgan fingerprint density at radius 2 is 2.44 bits per heavy atom. The molecule has 1 atom stereocenters. The highest BCUT2D eigenvalue weighted by atomic mass is 32.1. The lowest BCUT2D eigenvalue weighted by molar-refractivity contribution is 0.0942. The zero-order valence-corrected chi connectivity index (χ0v) is 11.3. The van der Waals surface area contributed by atoms with Crippen molar-refractivity contribution in [3.8, 4) is 0 Å². The van der Waals surface area contributed by atoms with Crippen molar-refractivity contribution in [3.05, 3.63) is 24.2 Å². The van der Waals surface area contributed by atoms with Gasteiger partial charge in [0.25, 0.3) is 5.91 Å². The molecule has 0 saturated carbocycles. The molecule has 1 saturated heterocycles. The maximum Gasteiger partial charge on any atom is 0.293 e. The molecule has 1 aromatic heterocycles. The molecule has 1 N–H and O–H groups in total. The number of rotatable bonds is 2. The predicted octanol–water partition coefficient (Wildman–Crippen LogP) is 2.56. The van der Waals surface area contributed by atoms with Gasteiger partial charge in [-0.05, 0) is 50.0 Å². The van der Waals surface area contributed by atoms with Gasteiger partial charge in [0.05, 0.1) is 6.26 Å². The van der Waals surface area contributed by atoms with Crippen LogP contribution in [0.25, 0.3) is 0 Å². The van der Waals surface area contributed by atoms with E-state index in [0.717, 1.165) is 25.8 Å². The molecule has 18 heavy (non-hydrogen) atoms. The van der Waals surface area contributed by atoms with Crippen molar-refractivity contribution < 1.29 is 9.21 Å². The van der Waals surface area contributed by atoms with Gasteiger partial charge in [0.2, 0.25) is 0 Å².